The lowest BCUT2D eigenvalue weighted by atomic mass is 9.88. The number of rotatable bonds is 5. The summed E-state index contributed by atoms with van der Waals surface area (Å²) in [6.07, 6.45) is 2.80. The largest absolute Gasteiger partial charge is 0.313 e. The molecular weight excluding hydrogens is 196 g/mol. The Labute approximate surface area is 102 Å². The molecule has 96 valence electrons. The lowest BCUT2D eigenvalue weighted by Crippen LogP contribution is -2.41. The smallest absolute Gasteiger partial charge is 0.00873 e. The molecule has 0 aromatic rings. The maximum absolute atomic E-state index is 3.67. The summed E-state index contributed by atoms with van der Waals surface area (Å²) in [4.78, 5) is 2.61. The predicted molar refractivity (Wildman–Crippen MR) is 71.8 cm³/mol. The fourth-order valence-corrected chi connectivity index (χ4v) is 2.15. The minimum atomic E-state index is 0.368. The molecule has 0 amide bonds. The summed E-state index contributed by atoms with van der Waals surface area (Å²) in [5, 5.41) is 3.67. The Hall–Kier alpha value is -0.0800. The van der Waals surface area contributed by atoms with Gasteiger partial charge in [-0.3, -0.25) is 0 Å². The summed E-state index contributed by atoms with van der Waals surface area (Å²) in [7, 11) is 0. The molecule has 1 aliphatic rings. The summed E-state index contributed by atoms with van der Waals surface area (Å²) in [6.45, 7) is 16.6. The highest BCUT2D eigenvalue weighted by atomic mass is 15.1. The summed E-state index contributed by atoms with van der Waals surface area (Å²) in [6, 6.07) is 0.591. The summed E-state index contributed by atoms with van der Waals surface area (Å²) in [5.41, 5.74) is 0.368. The molecule has 1 aliphatic heterocycles. The van der Waals surface area contributed by atoms with Gasteiger partial charge >= 0.3 is 0 Å². The molecule has 0 aromatic carbocycles. The van der Waals surface area contributed by atoms with Gasteiger partial charge in [0.1, 0.15) is 0 Å². The zero-order valence-corrected chi connectivity index (χ0v) is 11.8. The third-order valence-corrected chi connectivity index (χ3v) is 3.84. The molecule has 0 aliphatic carbocycles. The van der Waals surface area contributed by atoms with Gasteiger partial charge in [-0.1, -0.05) is 27.7 Å². The molecule has 2 atom stereocenters. The quantitative estimate of drug-likeness (QED) is 0.775. The van der Waals surface area contributed by atoms with Crippen molar-refractivity contribution in [1.82, 2.24) is 10.2 Å². The minimum Gasteiger partial charge on any atom is -0.313 e. The van der Waals surface area contributed by atoms with Crippen molar-refractivity contribution in [2.24, 2.45) is 11.3 Å². The van der Waals surface area contributed by atoms with Gasteiger partial charge in [0.05, 0.1) is 0 Å². The Morgan fingerprint density at radius 3 is 2.19 bits per heavy atom. The van der Waals surface area contributed by atoms with E-state index in [0.29, 0.717) is 11.5 Å². The number of hydrogen-bond donors (Lipinski definition) is 1. The van der Waals surface area contributed by atoms with Crippen molar-refractivity contribution in [3.8, 4) is 0 Å². The number of nitrogens with one attached hydrogen (secondary N) is 1. The maximum atomic E-state index is 3.67. The zero-order chi connectivity index (χ0) is 12.2. The molecule has 2 nitrogen and oxygen atoms in total. The molecule has 0 aromatic heterocycles. The van der Waals surface area contributed by atoms with Crippen LogP contribution in [0.25, 0.3) is 0 Å². The van der Waals surface area contributed by atoms with Crippen LogP contribution in [0, 0.1) is 11.3 Å². The fourth-order valence-electron chi connectivity index (χ4n) is 2.15. The van der Waals surface area contributed by atoms with Gasteiger partial charge < -0.3 is 10.2 Å². The van der Waals surface area contributed by atoms with Crippen LogP contribution in [0.3, 0.4) is 0 Å². The van der Waals surface area contributed by atoms with Crippen LogP contribution in [-0.4, -0.2) is 37.1 Å². The van der Waals surface area contributed by atoms with Gasteiger partial charge in [-0.15, -0.1) is 0 Å². The highest BCUT2D eigenvalue weighted by Gasteiger charge is 2.20. The van der Waals surface area contributed by atoms with Crippen LogP contribution in [0.1, 0.15) is 47.5 Å². The minimum absolute atomic E-state index is 0.368. The normalized spacial score (nSPS) is 22.3. The molecule has 16 heavy (non-hydrogen) atoms. The van der Waals surface area contributed by atoms with Gasteiger partial charge in [0.25, 0.3) is 0 Å². The van der Waals surface area contributed by atoms with Gasteiger partial charge in [0.2, 0.25) is 0 Å². The van der Waals surface area contributed by atoms with E-state index in [4.69, 9.17) is 0 Å². The molecule has 1 fully saturated rings. The van der Waals surface area contributed by atoms with Crippen molar-refractivity contribution in [3.63, 3.8) is 0 Å². The second-order valence-corrected chi connectivity index (χ2v) is 6.61. The van der Waals surface area contributed by atoms with E-state index >= 15 is 0 Å². The Balaban J connectivity index is 2.16. The van der Waals surface area contributed by atoms with Crippen molar-refractivity contribution in [3.05, 3.63) is 0 Å². The molecular formula is C14H30N2. The van der Waals surface area contributed by atoms with Crippen molar-refractivity contribution in [2.75, 3.05) is 26.2 Å². The molecule has 0 saturated carbocycles. The Bertz CT molecular complexity index is 189. The van der Waals surface area contributed by atoms with Crippen LogP contribution in [0.15, 0.2) is 0 Å². The maximum Gasteiger partial charge on any atom is 0.00873 e. The van der Waals surface area contributed by atoms with Crippen molar-refractivity contribution in [2.45, 2.75) is 53.5 Å². The Morgan fingerprint density at radius 2 is 1.69 bits per heavy atom. The highest BCUT2D eigenvalue weighted by molar-refractivity contribution is 4.77. The van der Waals surface area contributed by atoms with Crippen molar-refractivity contribution >= 4 is 0 Å². The van der Waals surface area contributed by atoms with E-state index in [0.717, 1.165) is 12.5 Å². The topological polar surface area (TPSA) is 15.3 Å². The summed E-state index contributed by atoms with van der Waals surface area (Å²) in [5.74, 6) is 0.767. The first kappa shape index (κ1) is 14.0. The molecule has 2 heteroatoms. The Morgan fingerprint density at radius 1 is 1.12 bits per heavy atom. The molecule has 1 rings (SSSR count). The van der Waals surface area contributed by atoms with Crippen LogP contribution in [0.4, 0.5) is 0 Å². The van der Waals surface area contributed by atoms with E-state index in [-0.39, 0.29) is 0 Å². The average Bonchev–Trinajstić information content (AvgIpc) is 2.65. The predicted octanol–water partition coefficient (Wildman–Crippen LogP) is 2.74. The second-order valence-electron chi connectivity index (χ2n) is 6.61. The molecule has 1 heterocycles. The second kappa shape index (κ2) is 6.02. The van der Waals surface area contributed by atoms with E-state index < -0.39 is 0 Å². The number of nitrogens with zero attached hydrogens (tertiary/aromatic N) is 1. The van der Waals surface area contributed by atoms with Gasteiger partial charge in [0.15, 0.2) is 0 Å². The van der Waals surface area contributed by atoms with Gasteiger partial charge in [-0.25, -0.2) is 0 Å². The molecule has 1 saturated heterocycles. The van der Waals surface area contributed by atoms with Gasteiger partial charge in [-0.2, -0.15) is 0 Å². The third kappa shape index (κ3) is 4.84. The first-order valence-electron chi connectivity index (χ1n) is 6.85. The van der Waals surface area contributed by atoms with E-state index in [1.165, 1.54) is 32.5 Å². The van der Waals surface area contributed by atoms with Crippen LogP contribution >= 0.6 is 0 Å². The third-order valence-electron chi connectivity index (χ3n) is 3.84. The monoisotopic (exact) mass is 226 g/mol. The van der Waals surface area contributed by atoms with E-state index in [9.17, 15) is 0 Å². The zero-order valence-electron chi connectivity index (χ0n) is 11.8. The van der Waals surface area contributed by atoms with Crippen LogP contribution in [-0.2, 0) is 0 Å². The van der Waals surface area contributed by atoms with Crippen LogP contribution < -0.4 is 5.32 Å². The lowest BCUT2D eigenvalue weighted by Gasteiger charge is -2.30. The van der Waals surface area contributed by atoms with Gasteiger partial charge in [-0.05, 0) is 50.7 Å². The fraction of sp³-hybridized carbons (Fsp3) is 1.00. The molecule has 0 spiro atoms. The summed E-state index contributed by atoms with van der Waals surface area (Å²) >= 11 is 0. The standard InChI is InChI=1S/C14H30N2/c1-12(11-16-8-6-7-9-16)10-15-13(2)14(3,4)5/h12-13,15H,6-11H2,1-5H3. The number of likely N-dealkylation sites (tertiary alicyclic amines) is 1. The molecule has 1 N–H and O–H groups in total. The first-order chi connectivity index (χ1) is 7.39. The lowest BCUT2D eigenvalue weighted by molar-refractivity contribution is 0.245. The number of hydrogen-bond acceptors (Lipinski definition) is 2. The van der Waals surface area contributed by atoms with Crippen molar-refractivity contribution in [1.29, 1.82) is 0 Å². The van der Waals surface area contributed by atoms with Gasteiger partial charge in [0, 0.05) is 12.6 Å². The SMILES string of the molecule is CC(CNC(C)C(C)(C)C)CN1CCCC1. The van der Waals surface area contributed by atoms with Crippen LogP contribution in [0.5, 0.6) is 0 Å². The van der Waals surface area contributed by atoms with E-state index in [1.807, 2.05) is 0 Å². The Kier molecular flexibility index (Phi) is 5.26. The van der Waals surface area contributed by atoms with Crippen LogP contribution in [0.2, 0.25) is 0 Å². The molecule has 2 unspecified atom stereocenters. The first-order valence-corrected chi connectivity index (χ1v) is 6.85. The van der Waals surface area contributed by atoms with E-state index in [1.54, 1.807) is 0 Å². The highest BCUT2D eigenvalue weighted by Crippen LogP contribution is 2.18. The average molecular weight is 226 g/mol. The van der Waals surface area contributed by atoms with E-state index in [2.05, 4.69) is 44.8 Å². The molecule has 0 bridgehead atoms. The molecule has 0 radical (unpaired) electrons. The van der Waals surface area contributed by atoms with Crippen molar-refractivity contribution < 1.29 is 0 Å². The summed E-state index contributed by atoms with van der Waals surface area (Å²) < 4.78 is 0.